The normalized spacial score (nSPS) is 22.1. The summed E-state index contributed by atoms with van der Waals surface area (Å²) in [6.45, 7) is 5.45. The van der Waals surface area contributed by atoms with E-state index in [4.69, 9.17) is 9.15 Å². The Morgan fingerprint density at radius 1 is 1.10 bits per heavy atom. The van der Waals surface area contributed by atoms with E-state index in [1.54, 1.807) is 11.6 Å². The maximum atomic E-state index is 12.1. The third-order valence-corrected chi connectivity index (χ3v) is 7.04. The molecule has 2 bridgehead atoms. The monoisotopic (exact) mass is 386 g/mol. The third-order valence-electron chi connectivity index (χ3n) is 7.04. The van der Waals surface area contributed by atoms with E-state index in [2.05, 4.69) is 19.9 Å². The van der Waals surface area contributed by atoms with Gasteiger partial charge >= 0.3 is 5.63 Å². The summed E-state index contributed by atoms with van der Waals surface area (Å²) in [6.07, 6.45) is 5.94. The minimum Gasteiger partial charge on any atom is -0.493 e. The lowest BCUT2D eigenvalue weighted by atomic mass is 9.48. The number of rotatable bonds is 5. The van der Waals surface area contributed by atoms with E-state index in [0.29, 0.717) is 23.5 Å². The molecule has 1 saturated carbocycles. The smallest absolute Gasteiger partial charge is 0.336 e. The summed E-state index contributed by atoms with van der Waals surface area (Å²) in [4.78, 5) is 12.1. The molecule has 0 spiro atoms. The first-order chi connectivity index (χ1) is 14.0. The Labute approximate surface area is 171 Å². The minimum atomic E-state index is -0.345. The molecule has 0 radical (unpaired) electrons. The lowest BCUT2D eigenvalue weighted by Gasteiger charge is -2.56. The fourth-order valence-electron chi connectivity index (χ4n) is 5.13. The van der Waals surface area contributed by atoms with Crippen molar-refractivity contribution in [3.63, 3.8) is 0 Å². The lowest BCUT2D eigenvalue weighted by molar-refractivity contribution is -0.00917. The highest BCUT2D eigenvalue weighted by Crippen LogP contribution is 2.59. The largest absolute Gasteiger partial charge is 0.493 e. The Bertz CT molecular complexity index is 1140. The number of hydrogen-bond acceptors (Lipinski definition) is 3. The molecule has 2 atom stereocenters. The molecule has 3 aliphatic rings. The van der Waals surface area contributed by atoms with Gasteiger partial charge in [0.2, 0.25) is 0 Å². The van der Waals surface area contributed by atoms with Crippen molar-refractivity contribution in [2.75, 3.05) is 6.61 Å². The van der Waals surface area contributed by atoms with Gasteiger partial charge in [0.05, 0.1) is 6.61 Å². The molecule has 0 N–H and O–H groups in total. The molecule has 3 nitrogen and oxygen atoms in total. The van der Waals surface area contributed by atoms with Crippen LogP contribution in [0.4, 0.5) is 0 Å². The molecule has 1 heterocycles. The summed E-state index contributed by atoms with van der Waals surface area (Å²) in [6, 6.07) is 17.3. The molecule has 6 rings (SSSR count). The van der Waals surface area contributed by atoms with Crippen molar-refractivity contribution in [3.8, 4) is 16.9 Å². The lowest BCUT2D eigenvalue weighted by Crippen LogP contribution is -2.48. The minimum absolute atomic E-state index is 0.345. The fourth-order valence-corrected chi connectivity index (χ4v) is 5.13. The Morgan fingerprint density at radius 3 is 2.69 bits per heavy atom. The van der Waals surface area contributed by atoms with Crippen LogP contribution in [0.15, 0.2) is 75.5 Å². The van der Waals surface area contributed by atoms with Gasteiger partial charge in [-0.2, -0.15) is 0 Å². The van der Waals surface area contributed by atoms with Crippen LogP contribution in [0.5, 0.6) is 5.75 Å². The molecule has 0 aliphatic heterocycles. The van der Waals surface area contributed by atoms with E-state index in [9.17, 15) is 4.79 Å². The van der Waals surface area contributed by atoms with Crippen molar-refractivity contribution in [1.82, 2.24) is 0 Å². The van der Waals surface area contributed by atoms with Crippen molar-refractivity contribution >= 4 is 11.0 Å². The second-order valence-corrected chi connectivity index (χ2v) is 8.92. The summed E-state index contributed by atoms with van der Waals surface area (Å²) >= 11 is 0. The summed E-state index contributed by atoms with van der Waals surface area (Å²) in [5.41, 5.74) is 4.11. The van der Waals surface area contributed by atoms with Crippen LogP contribution < -0.4 is 10.4 Å². The predicted molar refractivity (Wildman–Crippen MR) is 116 cm³/mol. The van der Waals surface area contributed by atoms with Crippen molar-refractivity contribution in [3.05, 3.63) is 76.7 Å². The van der Waals surface area contributed by atoms with Crippen molar-refractivity contribution < 1.29 is 9.15 Å². The standard InChI is InChI=1S/C26H26O3/c1-26(2)19-9-8-18(23(26)14-19)12-13-28-20-10-11-21-22(17-6-4-3-5-7-17)16-25(27)29-24(21)15-20/h3-8,10-11,15-16,19,23H,9,12-14H2,1-2H3/t19-,23-/m0/s1. The van der Waals surface area contributed by atoms with Gasteiger partial charge in [-0.3, -0.25) is 0 Å². The van der Waals surface area contributed by atoms with E-state index in [0.717, 1.165) is 34.6 Å². The molecule has 0 saturated heterocycles. The van der Waals surface area contributed by atoms with Gasteiger partial charge in [-0.1, -0.05) is 55.8 Å². The van der Waals surface area contributed by atoms with Gasteiger partial charge in [0, 0.05) is 23.9 Å². The molecule has 1 aromatic heterocycles. The first kappa shape index (κ1) is 18.2. The Balaban J connectivity index is 1.34. The number of allylic oxidation sites excluding steroid dienone is 1. The van der Waals surface area contributed by atoms with E-state index < -0.39 is 0 Å². The van der Waals surface area contributed by atoms with Gasteiger partial charge in [-0.15, -0.1) is 0 Å². The molecule has 1 fully saturated rings. The molecule has 3 aliphatic carbocycles. The van der Waals surface area contributed by atoms with Crippen molar-refractivity contribution in [1.29, 1.82) is 0 Å². The van der Waals surface area contributed by atoms with Gasteiger partial charge in [0.15, 0.2) is 0 Å². The summed E-state index contributed by atoms with van der Waals surface area (Å²) in [5, 5.41) is 0.917. The van der Waals surface area contributed by atoms with Crippen LogP contribution in [0.1, 0.15) is 33.1 Å². The molecule has 3 heteroatoms. The highest BCUT2D eigenvalue weighted by atomic mass is 16.5. The predicted octanol–water partition coefficient (Wildman–Crippen LogP) is 6.22. The average molecular weight is 386 g/mol. The SMILES string of the molecule is CC1(C)[C@H]2CC=C(CCOc3ccc4c(-c5ccccc5)cc(=O)oc4c3)[C@@H]1C2. The number of benzene rings is 2. The van der Waals surface area contributed by atoms with E-state index >= 15 is 0 Å². The fraction of sp³-hybridized carbons (Fsp3) is 0.346. The van der Waals surface area contributed by atoms with Gasteiger partial charge in [0.1, 0.15) is 11.3 Å². The molecule has 29 heavy (non-hydrogen) atoms. The van der Waals surface area contributed by atoms with Crippen molar-refractivity contribution in [2.24, 2.45) is 17.3 Å². The van der Waals surface area contributed by atoms with Crippen LogP contribution >= 0.6 is 0 Å². The van der Waals surface area contributed by atoms with E-state index in [-0.39, 0.29) is 5.63 Å². The topological polar surface area (TPSA) is 39.4 Å². The van der Waals surface area contributed by atoms with Gasteiger partial charge < -0.3 is 9.15 Å². The van der Waals surface area contributed by atoms with Crippen LogP contribution in [-0.4, -0.2) is 6.61 Å². The zero-order valence-corrected chi connectivity index (χ0v) is 17.0. The Morgan fingerprint density at radius 2 is 1.93 bits per heavy atom. The zero-order chi connectivity index (χ0) is 20.0. The second-order valence-electron chi connectivity index (χ2n) is 8.92. The van der Waals surface area contributed by atoms with Gasteiger partial charge in [0.25, 0.3) is 0 Å². The average Bonchev–Trinajstić information content (AvgIpc) is 2.73. The summed E-state index contributed by atoms with van der Waals surface area (Å²) in [7, 11) is 0. The number of ether oxygens (including phenoxy) is 1. The number of fused-ring (bicyclic) bond motifs is 2. The molecule has 0 unspecified atom stereocenters. The second kappa shape index (κ2) is 6.91. The van der Waals surface area contributed by atoms with Crippen LogP contribution in [-0.2, 0) is 0 Å². The van der Waals surface area contributed by atoms with Gasteiger partial charge in [-0.25, -0.2) is 4.79 Å². The molecule has 148 valence electrons. The van der Waals surface area contributed by atoms with Crippen LogP contribution in [0, 0.1) is 17.3 Å². The highest BCUT2D eigenvalue weighted by molar-refractivity contribution is 5.93. The van der Waals surface area contributed by atoms with Crippen molar-refractivity contribution in [2.45, 2.75) is 33.1 Å². The molecule has 2 aromatic carbocycles. The van der Waals surface area contributed by atoms with Crippen LogP contribution in [0.2, 0.25) is 0 Å². The van der Waals surface area contributed by atoms with Crippen LogP contribution in [0.3, 0.4) is 0 Å². The summed E-state index contributed by atoms with van der Waals surface area (Å²) < 4.78 is 11.5. The summed E-state index contributed by atoms with van der Waals surface area (Å²) in [5.74, 6) is 2.32. The van der Waals surface area contributed by atoms with E-state index in [1.807, 2.05) is 48.5 Å². The number of hydrogen-bond donors (Lipinski definition) is 0. The zero-order valence-electron chi connectivity index (χ0n) is 17.0. The third kappa shape index (κ3) is 3.19. The maximum Gasteiger partial charge on any atom is 0.336 e. The van der Waals surface area contributed by atoms with Crippen LogP contribution in [0.25, 0.3) is 22.1 Å². The molecule has 3 aromatic rings. The Hall–Kier alpha value is -2.81. The Kier molecular flexibility index (Phi) is 4.34. The first-order valence-electron chi connectivity index (χ1n) is 10.5. The molecular formula is C26H26O3. The first-order valence-corrected chi connectivity index (χ1v) is 10.5. The molecule has 0 amide bonds. The quantitative estimate of drug-likeness (QED) is 0.386. The van der Waals surface area contributed by atoms with E-state index in [1.165, 1.54) is 12.8 Å². The van der Waals surface area contributed by atoms with Gasteiger partial charge in [-0.05, 0) is 53.4 Å². The maximum absolute atomic E-state index is 12.1. The molecular weight excluding hydrogens is 360 g/mol. The highest BCUT2D eigenvalue weighted by Gasteiger charge is 2.50.